The first kappa shape index (κ1) is 23.6. The molecule has 1 N–H and O–H groups in total. The SMILES string of the molecule is COc1ccc([C@H]2C(=C(O)c3ccc(Cl)cc3)C(=O)C(=O)N2CCCN(C)C)c(OC)c1. The number of carbonyl (C=O) groups excluding carboxylic acids is 2. The number of aliphatic hydroxyl groups is 1. The number of hydrogen-bond acceptors (Lipinski definition) is 6. The highest BCUT2D eigenvalue weighted by molar-refractivity contribution is 6.46. The zero-order valence-corrected chi connectivity index (χ0v) is 19.3. The fraction of sp³-hybridized carbons (Fsp3) is 0.333. The number of carbonyl (C=O) groups is 2. The minimum Gasteiger partial charge on any atom is -0.507 e. The molecule has 0 spiro atoms. The van der Waals surface area contributed by atoms with E-state index in [1.807, 2.05) is 19.0 Å². The van der Waals surface area contributed by atoms with Gasteiger partial charge in [-0.2, -0.15) is 0 Å². The van der Waals surface area contributed by atoms with Crippen molar-refractivity contribution in [1.82, 2.24) is 9.80 Å². The van der Waals surface area contributed by atoms with Gasteiger partial charge in [0.25, 0.3) is 11.7 Å². The number of likely N-dealkylation sites (tertiary alicyclic amines) is 1. The van der Waals surface area contributed by atoms with E-state index in [1.54, 1.807) is 49.6 Å². The number of benzene rings is 2. The Morgan fingerprint density at radius 1 is 1.09 bits per heavy atom. The van der Waals surface area contributed by atoms with Gasteiger partial charge in [0.05, 0.1) is 25.8 Å². The Labute approximate surface area is 192 Å². The first-order valence-electron chi connectivity index (χ1n) is 10.2. The van der Waals surface area contributed by atoms with Crippen molar-refractivity contribution >= 4 is 29.1 Å². The lowest BCUT2D eigenvalue weighted by molar-refractivity contribution is -0.140. The molecule has 0 bridgehead atoms. The highest BCUT2D eigenvalue weighted by Crippen LogP contribution is 2.43. The van der Waals surface area contributed by atoms with E-state index in [1.165, 1.54) is 12.0 Å². The third kappa shape index (κ3) is 4.74. The minimum absolute atomic E-state index is 0.0191. The highest BCUT2D eigenvalue weighted by atomic mass is 35.5. The van der Waals surface area contributed by atoms with E-state index in [-0.39, 0.29) is 11.3 Å². The van der Waals surface area contributed by atoms with E-state index in [9.17, 15) is 14.7 Å². The number of hydrogen-bond donors (Lipinski definition) is 1. The summed E-state index contributed by atoms with van der Waals surface area (Å²) in [7, 11) is 6.94. The van der Waals surface area contributed by atoms with E-state index >= 15 is 0 Å². The first-order valence-corrected chi connectivity index (χ1v) is 10.6. The molecule has 1 saturated heterocycles. The molecule has 7 nitrogen and oxygen atoms in total. The zero-order valence-electron chi connectivity index (χ0n) is 18.6. The summed E-state index contributed by atoms with van der Waals surface area (Å²) in [6.45, 7) is 1.09. The van der Waals surface area contributed by atoms with Crippen LogP contribution in [0.5, 0.6) is 11.5 Å². The number of ketones is 1. The molecule has 2 aromatic carbocycles. The Kier molecular flexibility index (Phi) is 7.43. The monoisotopic (exact) mass is 458 g/mol. The predicted octanol–water partition coefficient (Wildman–Crippen LogP) is 3.73. The quantitative estimate of drug-likeness (QED) is 0.369. The molecule has 2 aromatic rings. The average Bonchev–Trinajstić information content (AvgIpc) is 3.03. The molecule has 0 radical (unpaired) electrons. The molecule has 0 aliphatic carbocycles. The summed E-state index contributed by atoms with van der Waals surface area (Å²) < 4.78 is 10.8. The van der Waals surface area contributed by atoms with E-state index in [2.05, 4.69) is 0 Å². The number of nitrogens with zero attached hydrogens (tertiary/aromatic N) is 2. The van der Waals surface area contributed by atoms with Crippen LogP contribution in [0, 0.1) is 0 Å². The van der Waals surface area contributed by atoms with Gasteiger partial charge in [-0.05, 0) is 63.5 Å². The second kappa shape index (κ2) is 10.1. The molecular formula is C24H27ClN2O5. The van der Waals surface area contributed by atoms with Gasteiger partial charge in [0, 0.05) is 28.8 Å². The van der Waals surface area contributed by atoms with Gasteiger partial charge in [0.15, 0.2) is 0 Å². The molecule has 1 heterocycles. The van der Waals surface area contributed by atoms with Crippen molar-refractivity contribution in [2.75, 3.05) is 41.4 Å². The van der Waals surface area contributed by atoms with Gasteiger partial charge in [-0.15, -0.1) is 0 Å². The van der Waals surface area contributed by atoms with Crippen molar-refractivity contribution in [2.24, 2.45) is 0 Å². The second-order valence-electron chi connectivity index (χ2n) is 7.76. The summed E-state index contributed by atoms with van der Waals surface area (Å²) in [6, 6.07) is 10.8. The number of halogens is 1. The number of amides is 1. The van der Waals surface area contributed by atoms with Crippen molar-refractivity contribution in [2.45, 2.75) is 12.5 Å². The van der Waals surface area contributed by atoms with Crippen LogP contribution in [0.25, 0.3) is 5.76 Å². The first-order chi connectivity index (χ1) is 15.3. The van der Waals surface area contributed by atoms with Crippen LogP contribution < -0.4 is 9.47 Å². The van der Waals surface area contributed by atoms with Crippen LogP contribution in [0.2, 0.25) is 5.02 Å². The summed E-state index contributed by atoms with van der Waals surface area (Å²) in [5.74, 6) is -0.603. The van der Waals surface area contributed by atoms with Crippen LogP contribution >= 0.6 is 11.6 Å². The Balaban J connectivity index is 2.16. The van der Waals surface area contributed by atoms with Gasteiger partial charge >= 0.3 is 0 Å². The molecule has 0 saturated carbocycles. The van der Waals surface area contributed by atoms with E-state index < -0.39 is 17.7 Å². The lowest BCUT2D eigenvalue weighted by atomic mass is 9.94. The van der Waals surface area contributed by atoms with Crippen LogP contribution in [0.15, 0.2) is 48.0 Å². The predicted molar refractivity (Wildman–Crippen MR) is 123 cm³/mol. The van der Waals surface area contributed by atoms with Crippen LogP contribution in [-0.4, -0.2) is 68.0 Å². The molecule has 1 aliphatic heterocycles. The Morgan fingerprint density at radius 2 is 1.78 bits per heavy atom. The normalized spacial score (nSPS) is 17.8. The number of ether oxygens (including phenoxy) is 2. The smallest absolute Gasteiger partial charge is 0.295 e. The van der Waals surface area contributed by atoms with Crippen molar-refractivity contribution in [3.05, 3.63) is 64.2 Å². The molecule has 1 amide bonds. The van der Waals surface area contributed by atoms with Crippen LogP contribution in [-0.2, 0) is 9.59 Å². The highest BCUT2D eigenvalue weighted by Gasteiger charge is 2.46. The number of Topliss-reactive ketones (excluding diaryl/α,β-unsaturated/α-hetero) is 1. The Hall–Kier alpha value is -3.03. The molecule has 32 heavy (non-hydrogen) atoms. The molecule has 0 unspecified atom stereocenters. The molecular weight excluding hydrogens is 432 g/mol. The summed E-state index contributed by atoms with van der Waals surface area (Å²) in [6.07, 6.45) is 0.663. The van der Waals surface area contributed by atoms with E-state index in [4.69, 9.17) is 21.1 Å². The average molecular weight is 459 g/mol. The van der Waals surface area contributed by atoms with Gasteiger partial charge < -0.3 is 24.4 Å². The third-order valence-electron chi connectivity index (χ3n) is 5.40. The van der Waals surface area contributed by atoms with Gasteiger partial charge in [0.1, 0.15) is 17.3 Å². The molecule has 1 aliphatic rings. The Morgan fingerprint density at radius 3 is 2.38 bits per heavy atom. The minimum atomic E-state index is -0.798. The standard InChI is InChI=1S/C24H27ClN2O5/c1-26(2)12-5-13-27-21(18-11-10-17(31-3)14-19(18)32-4)20(23(29)24(27)30)22(28)15-6-8-16(25)9-7-15/h6-11,14,21,28H,5,12-13H2,1-4H3/t21-/m0/s1. The van der Waals surface area contributed by atoms with Gasteiger partial charge in [0.2, 0.25) is 0 Å². The van der Waals surface area contributed by atoms with E-state index in [0.717, 1.165) is 6.54 Å². The molecule has 1 atom stereocenters. The molecule has 0 aromatic heterocycles. The van der Waals surface area contributed by atoms with Crippen molar-refractivity contribution in [1.29, 1.82) is 0 Å². The summed E-state index contributed by atoms with van der Waals surface area (Å²) in [5, 5.41) is 11.6. The second-order valence-corrected chi connectivity index (χ2v) is 8.20. The Bertz CT molecular complexity index is 1030. The topological polar surface area (TPSA) is 79.3 Å². The maximum Gasteiger partial charge on any atom is 0.295 e. The summed E-state index contributed by atoms with van der Waals surface area (Å²) in [4.78, 5) is 29.6. The van der Waals surface area contributed by atoms with Crippen molar-refractivity contribution in [3.63, 3.8) is 0 Å². The van der Waals surface area contributed by atoms with Crippen LogP contribution in [0.1, 0.15) is 23.6 Å². The van der Waals surface area contributed by atoms with Crippen molar-refractivity contribution in [3.8, 4) is 11.5 Å². The molecule has 170 valence electrons. The maximum absolute atomic E-state index is 13.1. The third-order valence-corrected chi connectivity index (χ3v) is 5.65. The van der Waals surface area contributed by atoms with Crippen LogP contribution in [0.4, 0.5) is 0 Å². The molecule has 8 heteroatoms. The van der Waals surface area contributed by atoms with Gasteiger partial charge in [-0.3, -0.25) is 9.59 Å². The zero-order chi connectivity index (χ0) is 23.4. The largest absolute Gasteiger partial charge is 0.507 e. The molecule has 3 rings (SSSR count). The summed E-state index contributed by atoms with van der Waals surface area (Å²) >= 11 is 5.97. The molecule has 1 fully saturated rings. The van der Waals surface area contributed by atoms with Crippen LogP contribution in [0.3, 0.4) is 0 Å². The number of rotatable bonds is 8. The van der Waals surface area contributed by atoms with Gasteiger partial charge in [-0.1, -0.05) is 11.6 Å². The summed E-state index contributed by atoms with van der Waals surface area (Å²) in [5.41, 5.74) is 1.01. The maximum atomic E-state index is 13.1. The lowest BCUT2D eigenvalue weighted by Gasteiger charge is -2.27. The fourth-order valence-electron chi connectivity index (χ4n) is 3.80. The number of aliphatic hydroxyl groups excluding tert-OH is 1. The number of methoxy groups -OCH3 is 2. The van der Waals surface area contributed by atoms with Gasteiger partial charge in [-0.25, -0.2) is 0 Å². The fourth-order valence-corrected chi connectivity index (χ4v) is 3.92. The van der Waals surface area contributed by atoms with Crippen molar-refractivity contribution < 1.29 is 24.2 Å². The van der Waals surface area contributed by atoms with E-state index in [0.29, 0.717) is 40.6 Å². The lowest BCUT2D eigenvalue weighted by Crippen LogP contribution is -2.32.